The van der Waals surface area contributed by atoms with Gasteiger partial charge in [-0.3, -0.25) is 4.79 Å². The predicted molar refractivity (Wildman–Crippen MR) is 71.6 cm³/mol. The van der Waals surface area contributed by atoms with E-state index in [4.69, 9.17) is 10.2 Å². The van der Waals surface area contributed by atoms with Gasteiger partial charge in [-0.1, -0.05) is 0 Å². The van der Waals surface area contributed by atoms with Gasteiger partial charge in [-0.25, -0.2) is 4.79 Å². The molecule has 1 rings (SSSR count). The number of aliphatic hydroxyl groups is 1. The van der Waals surface area contributed by atoms with Gasteiger partial charge in [-0.05, 0) is 40.9 Å². The van der Waals surface area contributed by atoms with Crippen molar-refractivity contribution in [2.45, 2.75) is 25.4 Å². The van der Waals surface area contributed by atoms with E-state index in [0.717, 1.165) is 10.2 Å². The zero-order valence-electron chi connectivity index (χ0n) is 9.56. The lowest BCUT2D eigenvalue weighted by molar-refractivity contribution is -0.146. The summed E-state index contributed by atoms with van der Waals surface area (Å²) in [6.45, 7) is -0.251. The molecule has 0 bridgehead atoms. The molecule has 0 aromatic carbocycles. The Morgan fingerprint density at radius 1 is 1.44 bits per heavy atom. The third-order valence-corrected chi connectivity index (χ3v) is 3.92. The predicted octanol–water partition coefficient (Wildman–Crippen LogP) is 1.40. The normalized spacial score (nSPS) is 12.1. The third-order valence-electron chi connectivity index (χ3n) is 2.23. The number of carboxylic acids is 1. The summed E-state index contributed by atoms with van der Waals surface area (Å²) in [7, 11) is 0. The molecule has 0 saturated heterocycles. The lowest BCUT2D eigenvalue weighted by atomic mass is 10.2. The SMILES string of the molecule is O=C(CCCc1ccc(Br)s1)NCC(O)C(=O)O. The third kappa shape index (κ3) is 5.61. The van der Waals surface area contributed by atoms with Crippen molar-refractivity contribution >= 4 is 39.1 Å². The van der Waals surface area contributed by atoms with E-state index in [0.29, 0.717) is 12.8 Å². The van der Waals surface area contributed by atoms with Crippen LogP contribution in [0.1, 0.15) is 17.7 Å². The van der Waals surface area contributed by atoms with Crippen LogP contribution in [0, 0.1) is 0 Å². The molecule has 1 atom stereocenters. The molecule has 1 aromatic heterocycles. The van der Waals surface area contributed by atoms with Crippen molar-refractivity contribution in [3.8, 4) is 0 Å². The number of halogens is 1. The molecule has 1 amide bonds. The van der Waals surface area contributed by atoms with Crippen LogP contribution in [0.25, 0.3) is 0 Å². The van der Waals surface area contributed by atoms with Crippen molar-refractivity contribution in [1.29, 1.82) is 0 Å². The number of carbonyl (C=O) groups is 2. The number of hydrogen-bond acceptors (Lipinski definition) is 4. The van der Waals surface area contributed by atoms with Crippen LogP contribution < -0.4 is 5.32 Å². The Kier molecular flexibility index (Phi) is 6.31. The maximum atomic E-state index is 11.3. The van der Waals surface area contributed by atoms with E-state index in [1.807, 2.05) is 12.1 Å². The largest absolute Gasteiger partial charge is 0.479 e. The zero-order chi connectivity index (χ0) is 13.5. The number of hydrogen-bond donors (Lipinski definition) is 3. The first-order valence-corrected chi connectivity index (χ1v) is 7.02. The van der Waals surface area contributed by atoms with Gasteiger partial charge in [0.25, 0.3) is 0 Å². The van der Waals surface area contributed by atoms with Gasteiger partial charge >= 0.3 is 5.97 Å². The van der Waals surface area contributed by atoms with Gasteiger partial charge in [-0.15, -0.1) is 11.3 Å². The van der Waals surface area contributed by atoms with Crippen molar-refractivity contribution in [1.82, 2.24) is 5.32 Å². The monoisotopic (exact) mass is 335 g/mol. The smallest absolute Gasteiger partial charge is 0.334 e. The van der Waals surface area contributed by atoms with Crippen LogP contribution in [0.3, 0.4) is 0 Å². The fourth-order valence-electron chi connectivity index (χ4n) is 1.30. The zero-order valence-corrected chi connectivity index (χ0v) is 12.0. The summed E-state index contributed by atoms with van der Waals surface area (Å²) >= 11 is 4.99. The first-order valence-electron chi connectivity index (χ1n) is 5.41. The molecule has 0 aliphatic carbocycles. The second kappa shape index (κ2) is 7.50. The molecule has 5 nitrogen and oxygen atoms in total. The maximum absolute atomic E-state index is 11.3. The molecule has 1 heterocycles. The first kappa shape index (κ1) is 15.1. The Morgan fingerprint density at radius 3 is 2.72 bits per heavy atom. The molecule has 100 valence electrons. The van der Waals surface area contributed by atoms with Crippen molar-refractivity contribution < 1.29 is 19.8 Å². The molecule has 0 fully saturated rings. The second-order valence-electron chi connectivity index (χ2n) is 3.72. The molecule has 0 radical (unpaired) electrons. The molecule has 0 spiro atoms. The molecule has 7 heteroatoms. The van der Waals surface area contributed by atoms with Crippen LogP contribution in [0.2, 0.25) is 0 Å². The Morgan fingerprint density at radius 2 is 2.17 bits per heavy atom. The molecule has 0 aliphatic heterocycles. The molecule has 3 N–H and O–H groups in total. The second-order valence-corrected chi connectivity index (χ2v) is 6.27. The van der Waals surface area contributed by atoms with Crippen LogP contribution in [-0.2, 0) is 16.0 Å². The van der Waals surface area contributed by atoms with Crippen molar-refractivity contribution in [3.05, 3.63) is 20.8 Å². The Hall–Kier alpha value is -0.920. The van der Waals surface area contributed by atoms with Gasteiger partial charge in [0.2, 0.25) is 5.91 Å². The molecule has 0 aliphatic rings. The molecule has 0 saturated carbocycles. The minimum atomic E-state index is -1.54. The summed E-state index contributed by atoms with van der Waals surface area (Å²) in [6.07, 6.45) is 0.289. The van der Waals surface area contributed by atoms with Crippen LogP contribution in [0.5, 0.6) is 0 Å². The average Bonchev–Trinajstić information content (AvgIpc) is 2.71. The average molecular weight is 336 g/mol. The molecular weight excluding hydrogens is 322 g/mol. The highest BCUT2D eigenvalue weighted by Gasteiger charge is 2.13. The number of rotatable bonds is 7. The standard InChI is InChI=1S/C11H14BrNO4S/c12-9-5-4-7(18-9)2-1-3-10(15)13-6-8(14)11(16)17/h4-5,8,14H,1-3,6H2,(H,13,15)(H,16,17). The summed E-state index contributed by atoms with van der Waals surface area (Å²) in [5, 5.41) is 19.8. The van der Waals surface area contributed by atoms with Gasteiger partial charge in [0, 0.05) is 11.3 Å². The minimum absolute atomic E-state index is 0.245. The number of aliphatic carboxylic acids is 1. The Balaban J connectivity index is 2.15. The van der Waals surface area contributed by atoms with Crippen LogP contribution in [0.4, 0.5) is 0 Å². The summed E-state index contributed by atoms with van der Waals surface area (Å²) in [6, 6.07) is 3.96. The highest BCUT2D eigenvalue weighted by molar-refractivity contribution is 9.11. The minimum Gasteiger partial charge on any atom is -0.479 e. The number of carboxylic acid groups (broad SMARTS) is 1. The Bertz CT molecular complexity index is 421. The van der Waals surface area contributed by atoms with E-state index >= 15 is 0 Å². The number of nitrogens with one attached hydrogen (secondary N) is 1. The quantitative estimate of drug-likeness (QED) is 0.702. The lowest BCUT2D eigenvalue weighted by Gasteiger charge is -2.07. The summed E-state index contributed by atoms with van der Waals surface area (Å²) in [4.78, 5) is 22.8. The molecule has 1 unspecified atom stereocenters. The van der Waals surface area contributed by atoms with Gasteiger partial charge in [0.15, 0.2) is 6.10 Å². The van der Waals surface area contributed by atoms with Crippen LogP contribution in [-0.4, -0.2) is 34.7 Å². The highest BCUT2D eigenvalue weighted by atomic mass is 79.9. The summed E-state index contributed by atoms with van der Waals surface area (Å²) in [5.41, 5.74) is 0. The van der Waals surface area contributed by atoms with E-state index < -0.39 is 12.1 Å². The van der Waals surface area contributed by atoms with Crippen molar-refractivity contribution in [2.24, 2.45) is 0 Å². The van der Waals surface area contributed by atoms with E-state index in [-0.39, 0.29) is 12.5 Å². The fourth-order valence-corrected chi connectivity index (χ4v) is 2.82. The van der Waals surface area contributed by atoms with Gasteiger partial charge < -0.3 is 15.5 Å². The summed E-state index contributed by atoms with van der Waals surface area (Å²) in [5.74, 6) is -1.58. The van der Waals surface area contributed by atoms with Crippen molar-refractivity contribution in [2.75, 3.05) is 6.54 Å². The van der Waals surface area contributed by atoms with Gasteiger partial charge in [0.05, 0.1) is 10.3 Å². The van der Waals surface area contributed by atoms with Crippen molar-refractivity contribution in [3.63, 3.8) is 0 Å². The van der Waals surface area contributed by atoms with E-state index in [1.165, 1.54) is 4.88 Å². The van der Waals surface area contributed by atoms with Gasteiger partial charge in [-0.2, -0.15) is 0 Å². The number of aliphatic hydroxyl groups excluding tert-OH is 1. The lowest BCUT2D eigenvalue weighted by Crippen LogP contribution is -2.36. The number of thiophene rings is 1. The van der Waals surface area contributed by atoms with Crippen LogP contribution >= 0.6 is 27.3 Å². The van der Waals surface area contributed by atoms with E-state index in [1.54, 1.807) is 11.3 Å². The highest BCUT2D eigenvalue weighted by Crippen LogP contribution is 2.23. The Labute approximate surface area is 117 Å². The topological polar surface area (TPSA) is 86.6 Å². The number of aryl methyl sites for hydroxylation is 1. The molecule has 18 heavy (non-hydrogen) atoms. The fraction of sp³-hybridized carbons (Fsp3) is 0.455. The van der Waals surface area contributed by atoms with E-state index in [2.05, 4.69) is 21.2 Å². The molecular formula is C11H14BrNO4S. The molecule has 1 aromatic rings. The van der Waals surface area contributed by atoms with Crippen LogP contribution in [0.15, 0.2) is 15.9 Å². The van der Waals surface area contributed by atoms with E-state index in [9.17, 15) is 9.59 Å². The number of amides is 1. The number of carbonyl (C=O) groups excluding carboxylic acids is 1. The van der Waals surface area contributed by atoms with Gasteiger partial charge in [0.1, 0.15) is 0 Å². The summed E-state index contributed by atoms with van der Waals surface area (Å²) < 4.78 is 1.06. The first-order chi connectivity index (χ1) is 8.49. The maximum Gasteiger partial charge on any atom is 0.334 e.